The van der Waals surface area contributed by atoms with E-state index in [0.717, 1.165) is 11.7 Å². The van der Waals surface area contributed by atoms with E-state index in [1.807, 2.05) is 0 Å². The summed E-state index contributed by atoms with van der Waals surface area (Å²) < 4.78 is 6.75. The minimum absolute atomic E-state index is 0.0301. The average molecular weight is 331 g/mol. The number of ether oxygens (including phenoxy) is 1. The number of hydrogen-bond donors (Lipinski definition) is 1. The highest BCUT2D eigenvalue weighted by Gasteiger charge is 2.69. The Bertz CT molecular complexity index is 1060. The highest BCUT2D eigenvalue weighted by atomic mass is 16.5. The summed E-state index contributed by atoms with van der Waals surface area (Å²) in [7, 11) is 0. The van der Waals surface area contributed by atoms with Crippen LogP contribution in [-0.2, 0) is 0 Å². The molecule has 2 nitrogen and oxygen atoms in total. The van der Waals surface area contributed by atoms with Gasteiger partial charge in [-0.15, -0.1) is 0 Å². The molecule has 1 aliphatic heterocycles. The first-order valence-electron chi connectivity index (χ1n) is 9.65. The fourth-order valence-corrected chi connectivity index (χ4v) is 6.68. The van der Waals surface area contributed by atoms with Crippen LogP contribution in [0, 0.1) is 24.2 Å². The summed E-state index contributed by atoms with van der Waals surface area (Å²) in [6.07, 6.45) is 2.51. The summed E-state index contributed by atoms with van der Waals surface area (Å²) in [5, 5.41) is 2.69. The highest BCUT2D eigenvalue weighted by Crippen LogP contribution is 2.74. The van der Waals surface area contributed by atoms with E-state index in [-0.39, 0.29) is 5.60 Å². The van der Waals surface area contributed by atoms with Crippen molar-refractivity contribution in [2.75, 3.05) is 0 Å². The SMILES string of the molecule is Cc1cc2c([nH]c3ccccc32)c2c1OC1(C)CCC3C1C2C3(C)C. The number of para-hydroxylation sites is 1. The lowest BCUT2D eigenvalue weighted by Crippen LogP contribution is -2.59. The zero-order chi connectivity index (χ0) is 17.1. The van der Waals surface area contributed by atoms with Crippen LogP contribution in [0.2, 0.25) is 0 Å². The molecule has 0 radical (unpaired) electrons. The normalized spacial score (nSPS) is 34.5. The van der Waals surface area contributed by atoms with Gasteiger partial charge < -0.3 is 9.72 Å². The first kappa shape index (κ1) is 14.2. The summed E-state index contributed by atoms with van der Waals surface area (Å²) in [5.41, 5.74) is 5.68. The van der Waals surface area contributed by atoms with Crippen molar-refractivity contribution in [3.05, 3.63) is 41.5 Å². The van der Waals surface area contributed by atoms with E-state index in [2.05, 4.69) is 63.0 Å². The van der Waals surface area contributed by atoms with Gasteiger partial charge in [-0.25, -0.2) is 0 Å². The van der Waals surface area contributed by atoms with Crippen molar-refractivity contribution in [3.8, 4) is 5.75 Å². The molecule has 2 heteroatoms. The van der Waals surface area contributed by atoms with Gasteiger partial charge in [-0.2, -0.15) is 0 Å². The average Bonchev–Trinajstić information content (AvgIpc) is 3.10. The van der Waals surface area contributed by atoms with Crippen LogP contribution >= 0.6 is 0 Å². The maximum absolute atomic E-state index is 6.75. The molecule has 2 heterocycles. The lowest BCUT2D eigenvalue weighted by molar-refractivity contribution is -0.119. The summed E-state index contributed by atoms with van der Waals surface area (Å²) >= 11 is 0. The van der Waals surface area contributed by atoms with Gasteiger partial charge in [-0.1, -0.05) is 32.0 Å². The van der Waals surface area contributed by atoms with Crippen LogP contribution in [-0.4, -0.2) is 10.6 Å². The van der Waals surface area contributed by atoms with Crippen LogP contribution in [0.3, 0.4) is 0 Å². The van der Waals surface area contributed by atoms with Gasteiger partial charge in [0.15, 0.2) is 0 Å². The maximum atomic E-state index is 6.75. The Kier molecular flexibility index (Phi) is 2.31. The van der Waals surface area contributed by atoms with Gasteiger partial charge in [0.05, 0.1) is 5.52 Å². The molecule has 25 heavy (non-hydrogen) atoms. The Balaban J connectivity index is 1.74. The predicted molar refractivity (Wildman–Crippen MR) is 102 cm³/mol. The van der Waals surface area contributed by atoms with E-state index in [4.69, 9.17) is 4.74 Å². The van der Waals surface area contributed by atoms with Gasteiger partial charge in [0.1, 0.15) is 11.4 Å². The van der Waals surface area contributed by atoms with E-state index < -0.39 is 0 Å². The van der Waals surface area contributed by atoms with Crippen LogP contribution in [0.15, 0.2) is 30.3 Å². The third-order valence-electron chi connectivity index (χ3n) is 7.83. The molecule has 4 atom stereocenters. The minimum atomic E-state index is 0.0301. The van der Waals surface area contributed by atoms with Crippen LogP contribution in [0.25, 0.3) is 21.8 Å². The standard InChI is InChI=1S/C23H25NO/c1-12-11-14-13-7-5-6-8-16(13)24-20(14)17-19-18-15(22(19,2)3)9-10-23(18,4)25-21(12)17/h5-8,11,15,18-19,24H,9-10H2,1-4H3. The number of benzene rings is 2. The predicted octanol–water partition coefficient (Wildman–Crippen LogP) is 5.93. The van der Waals surface area contributed by atoms with Gasteiger partial charge in [0.2, 0.25) is 0 Å². The summed E-state index contributed by atoms with van der Waals surface area (Å²) in [4.78, 5) is 3.74. The topological polar surface area (TPSA) is 25.0 Å². The number of H-pyrrole nitrogens is 1. The Morgan fingerprint density at radius 2 is 1.92 bits per heavy atom. The fourth-order valence-electron chi connectivity index (χ4n) is 6.68. The number of hydrogen-bond acceptors (Lipinski definition) is 1. The third-order valence-corrected chi connectivity index (χ3v) is 7.83. The van der Waals surface area contributed by atoms with E-state index in [1.54, 1.807) is 0 Å². The van der Waals surface area contributed by atoms with Gasteiger partial charge in [-0.05, 0) is 55.7 Å². The Hall–Kier alpha value is -1.96. The molecular weight excluding hydrogens is 306 g/mol. The second-order valence-electron chi connectivity index (χ2n) is 9.41. The number of fused-ring (bicyclic) bond motifs is 6. The van der Waals surface area contributed by atoms with Crippen molar-refractivity contribution in [1.82, 2.24) is 4.98 Å². The zero-order valence-corrected chi connectivity index (χ0v) is 15.4. The van der Waals surface area contributed by atoms with Crippen LogP contribution < -0.4 is 4.74 Å². The Labute approximate surface area is 148 Å². The molecule has 128 valence electrons. The summed E-state index contributed by atoms with van der Waals surface area (Å²) in [6.45, 7) is 9.55. The molecule has 2 saturated carbocycles. The van der Waals surface area contributed by atoms with Gasteiger partial charge in [0, 0.05) is 33.7 Å². The second-order valence-corrected chi connectivity index (χ2v) is 9.41. The molecule has 0 saturated heterocycles. The molecule has 0 amide bonds. The van der Waals surface area contributed by atoms with E-state index >= 15 is 0 Å². The van der Waals surface area contributed by atoms with Crippen molar-refractivity contribution in [2.24, 2.45) is 17.3 Å². The molecule has 1 aromatic heterocycles. The number of nitrogens with one attached hydrogen (secondary N) is 1. The van der Waals surface area contributed by atoms with Crippen molar-refractivity contribution in [2.45, 2.75) is 52.1 Å². The quantitative estimate of drug-likeness (QED) is 0.542. The Morgan fingerprint density at radius 1 is 1.12 bits per heavy atom. The molecule has 4 unspecified atom stereocenters. The van der Waals surface area contributed by atoms with Gasteiger partial charge >= 0.3 is 0 Å². The smallest absolute Gasteiger partial charge is 0.128 e. The molecular formula is C23H25NO. The molecule has 2 fully saturated rings. The number of aromatic nitrogens is 1. The zero-order valence-electron chi connectivity index (χ0n) is 15.4. The second kappa shape index (κ2) is 4.06. The van der Waals surface area contributed by atoms with Crippen molar-refractivity contribution in [3.63, 3.8) is 0 Å². The number of rotatable bonds is 0. The van der Waals surface area contributed by atoms with E-state index in [1.165, 1.54) is 45.8 Å². The lowest BCUT2D eigenvalue weighted by atomic mass is 9.45. The Morgan fingerprint density at radius 3 is 2.76 bits per heavy atom. The third kappa shape index (κ3) is 1.45. The molecule has 3 aliphatic rings. The van der Waals surface area contributed by atoms with Crippen molar-refractivity contribution >= 4 is 21.8 Å². The lowest BCUT2D eigenvalue weighted by Gasteiger charge is -2.62. The monoisotopic (exact) mass is 331 g/mol. The van der Waals surface area contributed by atoms with Gasteiger partial charge in [-0.3, -0.25) is 0 Å². The molecule has 3 aromatic rings. The van der Waals surface area contributed by atoms with Crippen LogP contribution in [0.4, 0.5) is 0 Å². The number of aryl methyl sites for hydroxylation is 1. The first-order valence-corrected chi connectivity index (χ1v) is 9.65. The molecule has 6 rings (SSSR count). The van der Waals surface area contributed by atoms with Crippen molar-refractivity contribution in [1.29, 1.82) is 0 Å². The minimum Gasteiger partial charge on any atom is -0.487 e. The van der Waals surface area contributed by atoms with Crippen LogP contribution in [0.5, 0.6) is 5.75 Å². The summed E-state index contributed by atoms with van der Waals surface area (Å²) in [5.74, 6) is 3.24. The van der Waals surface area contributed by atoms with E-state index in [0.29, 0.717) is 17.3 Å². The number of aromatic amines is 1. The molecule has 2 aromatic carbocycles. The van der Waals surface area contributed by atoms with Crippen LogP contribution in [0.1, 0.15) is 50.7 Å². The summed E-state index contributed by atoms with van der Waals surface area (Å²) in [6, 6.07) is 11.0. The molecule has 0 spiro atoms. The molecule has 2 aliphatic carbocycles. The molecule has 1 N–H and O–H groups in total. The van der Waals surface area contributed by atoms with Crippen molar-refractivity contribution < 1.29 is 4.74 Å². The largest absolute Gasteiger partial charge is 0.487 e. The van der Waals surface area contributed by atoms with Gasteiger partial charge in [0.25, 0.3) is 0 Å². The maximum Gasteiger partial charge on any atom is 0.128 e. The first-order chi connectivity index (χ1) is 11.9. The fraction of sp³-hybridized carbons (Fsp3) is 0.478. The highest BCUT2D eigenvalue weighted by molar-refractivity contribution is 6.09. The van der Waals surface area contributed by atoms with E-state index in [9.17, 15) is 0 Å². The molecule has 0 bridgehead atoms.